The molecule has 0 saturated carbocycles. The van der Waals surface area contributed by atoms with Crippen LogP contribution in [0.25, 0.3) is 11.0 Å². The second kappa shape index (κ2) is 7.02. The molecule has 0 atom stereocenters. The van der Waals surface area contributed by atoms with Crippen LogP contribution in [-0.4, -0.2) is 20.7 Å². The third-order valence-corrected chi connectivity index (χ3v) is 4.14. The van der Waals surface area contributed by atoms with Gasteiger partial charge in [0.25, 0.3) is 5.91 Å². The van der Waals surface area contributed by atoms with Gasteiger partial charge in [0, 0.05) is 18.3 Å². The molecule has 0 fully saturated rings. The van der Waals surface area contributed by atoms with Crippen LogP contribution < -0.4 is 5.32 Å². The number of rotatable bonds is 4. The van der Waals surface area contributed by atoms with Crippen molar-refractivity contribution in [2.75, 3.05) is 0 Å². The number of amides is 1. The normalized spacial score (nSPS) is 12.0. The molecule has 3 aromatic rings. The van der Waals surface area contributed by atoms with Gasteiger partial charge in [-0.15, -0.1) is 0 Å². The molecule has 8 heteroatoms. The highest BCUT2D eigenvalue weighted by molar-refractivity contribution is 6.05. The standard InChI is InChI=1S/C19H19F3N4O/c1-11(2)26-17-16(10-24-26)15(7-12(3)25-17)18(27)23-9-13-5-4-6-14(8-13)19(20,21)22/h4-8,10-11H,9H2,1-3H3,(H,23,27). The van der Waals surface area contributed by atoms with E-state index in [1.54, 1.807) is 29.9 Å². The first-order chi connectivity index (χ1) is 12.7. The van der Waals surface area contributed by atoms with E-state index in [2.05, 4.69) is 15.4 Å². The molecule has 0 spiro atoms. The molecular formula is C19H19F3N4O. The Kier molecular flexibility index (Phi) is 4.91. The van der Waals surface area contributed by atoms with Crippen molar-refractivity contribution in [2.24, 2.45) is 0 Å². The third kappa shape index (κ3) is 3.94. The second-order valence-electron chi connectivity index (χ2n) is 6.61. The first-order valence-corrected chi connectivity index (χ1v) is 8.46. The maximum atomic E-state index is 12.8. The molecule has 1 N–H and O–H groups in total. The highest BCUT2D eigenvalue weighted by atomic mass is 19.4. The summed E-state index contributed by atoms with van der Waals surface area (Å²) >= 11 is 0. The van der Waals surface area contributed by atoms with Crippen LogP contribution in [0, 0.1) is 6.92 Å². The van der Waals surface area contributed by atoms with E-state index in [1.807, 2.05) is 13.8 Å². The molecule has 0 bridgehead atoms. The van der Waals surface area contributed by atoms with Crippen molar-refractivity contribution in [2.45, 2.75) is 39.5 Å². The number of alkyl halides is 3. The van der Waals surface area contributed by atoms with Gasteiger partial charge in [0.2, 0.25) is 0 Å². The number of halogens is 3. The topological polar surface area (TPSA) is 59.8 Å². The van der Waals surface area contributed by atoms with E-state index in [9.17, 15) is 18.0 Å². The monoisotopic (exact) mass is 376 g/mol. The minimum atomic E-state index is -4.42. The lowest BCUT2D eigenvalue weighted by atomic mass is 10.1. The van der Waals surface area contributed by atoms with Gasteiger partial charge in [-0.25, -0.2) is 9.67 Å². The summed E-state index contributed by atoms with van der Waals surface area (Å²) in [7, 11) is 0. The summed E-state index contributed by atoms with van der Waals surface area (Å²) < 4.78 is 40.2. The highest BCUT2D eigenvalue weighted by Gasteiger charge is 2.30. The number of hydrogen-bond donors (Lipinski definition) is 1. The van der Waals surface area contributed by atoms with Crippen molar-refractivity contribution in [3.8, 4) is 0 Å². The molecule has 0 radical (unpaired) electrons. The van der Waals surface area contributed by atoms with Gasteiger partial charge in [-0.2, -0.15) is 18.3 Å². The Bertz CT molecular complexity index is 992. The molecule has 27 heavy (non-hydrogen) atoms. The lowest BCUT2D eigenvalue weighted by Crippen LogP contribution is -2.23. The number of pyridine rings is 1. The maximum absolute atomic E-state index is 12.8. The number of carbonyl (C=O) groups is 1. The Labute approximate surface area is 154 Å². The third-order valence-electron chi connectivity index (χ3n) is 4.14. The molecule has 1 aromatic carbocycles. The minimum Gasteiger partial charge on any atom is -0.348 e. The lowest BCUT2D eigenvalue weighted by molar-refractivity contribution is -0.137. The van der Waals surface area contributed by atoms with Gasteiger partial charge in [-0.1, -0.05) is 12.1 Å². The number of carbonyl (C=O) groups excluding carboxylic acids is 1. The molecule has 142 valence electrons. The van der Waals surface area contributed by atoms with Crippen LogP contribution in [0.5, 0.6) is 0 Å². The number of nitrogens with one attached hydrogen (secondary N) is 1. The first-order valence-electron chi connectivity index (χ1n) is 8.46. The number of nitrogens with zero attached hydrogens (tertiary/aromatic N) is 3. The fraction of sp³-hybridized carbons (Fsp3) is 0.316. The van der Waals surface area contributed by atoms with Crippen molar-refractivity contribution in [3.05, 3.63) is 58.9 Å². The maximum Gasteiger partial charge on any atom is 0.416 e. The van der Waals surface area contributed by atoms with Crippen LogP contribution in [0.15, 0.2) is 36.5 Å². The quantitative estimate of drug-likeness (QED) is 0.740. The number of aryl methyl sites for hydroxylation is 1. The van der Waals surface area contributed by atoms with Gasteiger partial charge >= 0.3 is 6.18 Å². The minimum absolute atomic E-state index is 0.00999. The molecule has 2 aromatic heterocycles. The summed E-state index contributed by atoms with van der Waals surface area (Å²) in [6, 6.07) is 6.63. The highest BCUT2D eigenvalue weighted by Crippen LogP contribution is 2.29. The number of aromatic nitrogens is 3. The van der Waals surface area contributed by atoms with Crippen LogP contribution in [0.2, 0.25) is 0 Å². The Morgan fingerprint density at radius 1 is 1.26 bits per heavy atom. The first kappa shape index (κ1) is 18.9. The van der Waals surface area contributed by atoms with E-state index >= 15 is 0 Å². The summed E-state index contributed by atoms with van der Waals surface area (Å²) in [5, 5.41) is 7.57. The van der Waals surface area contributed by atoms with E-state index < -0.39 is 11.7 Å². The Morgan fingerprint density at radius 2 is 2.00 bits per heavy atom. The van der Waals surface area contributed by atoms with Crippen LogP contribution in [-0.2, 0) is 12.7 Å². The smallest absolute Gasteiger partial charge is 0.348 e. The zero-order valence-corrected chi connectivity index (χ0v) is 15.1. The summed E-state index contributed by atoms with van der Waals surface area (Å²) in [4.78, 5) is 17.1. The Balaban J connectivity index is 1.85. The SMILES string of the molecule is Cc1cc(C(=O)NCc2cccc(C(F)(F)F)c2)c2cnn(C(C)C)c2n1. The van der Waals surface area contributed by atoms with Crippen LogP contribution in [0.1, 0.15) is 47.1 Å². The van der Waals surface area contributed by atoms with E-state index in [4.69, 9.17) is 0 Å². The molecule has 1 amide bonds. The second-order valence-corrected chi connectivity index (χ2v) is 6.61. The molecule has 0 saturated heterocycles. The summed E-state index contributed by atoms with van der Waals surface area (Å²) in [5.41, 5.74) is 1.30. The Hall–Kier alpha value is -2.90. The molecular weight excluding hydrogens is 357 g/mol. The van der Waals surface area contributed by atoms with Crippen molar-refractivity contribution in [3.63, 3.8) is 0 Å². The summed E-state index contributed by atoms with van der Waals surface area (Å²) in [5.74, 6) is -0.383. The van der Waals surface area contributed by atoms with Gasteiger partial charge in [-0.05, 0) is 44.5 Å². The van der Waals surface area contributed by atoms with Gasteiger partial charge in [0.1, 0.15) is 0 Å². The van der Waals surface area contributed by atoms with Crippen LogP contribution in [0.4, 0.5) is 13.2 Å². The van der Waals surface area contributed by atoms with Crippen molar-refractivity contribution in [1.82, 2.24) is 20.1 Å². The Morgan fingerprint density at radius 3 is 2.67 bits per heavy atom. The molecule has 0 aliphatic heterocycles. The number of benzene rings is 1. The molecule has 5 nitrogen and oxygen atoms in total. The predicted molar refractivity (Wildman–Crippen MR) is 95.3 cm³/mol. The number of fused-ring (bicyclic) bond motifs is 1. The van der Waals surface area contributed by atoms with E-state index in [1.165, 1.54) is 6.07 Å². The van der Waals surface area contributed by atoms with Crippen molar-refractivity contribution < 1.29 is 18.0 Å². The van der Waals surface area contributed by atoms with Gasteiger partial charge in [0.15, 0.2) is 5.65 Å². The summed E-state index contributed by atoms with van der Waals surface area (Å²) in [6.07, 6.45) is -2.83. The molecule has 2 heterocycles. The number of hydrogen-bond acceptors (Lipinski definition) is 3. The van der Waals surface area contributed by atoms with Crippen LogP contribution in [0.3, 0.4) is 0 Å². The van der Waals surface area contributed by atoms with Crippen LogP contribution >= 0.6 is 0 Å². The van der Waals surface area contributed by atoms with E-state index in [0.29, 0.717) is 27.9 Å². The van der Waals surface area contributed by atoms with Crippen molar-refractivity contribution >= 4 is 16.9 Å². The molecule has 0 aliphatic carbocycles. The predicted octanol–water partition coefficient (Wildman–Crippen LogP) is 4.27. The molecule has 0 aliphatic rings. The van der Waals surface area contributed by atoms with E-state index in [0.717, 1.165) is 12.1 Å². The largest absolute Gasteiger partial charge is 0.416 e. The summed E-state index contributed by atoms with van der Waals surface area (Å²) in [6.45, 7) is 5.69. The van der Waals surface area contributed by atoms with Gasteiger partial charge in [-0.3, -0.25) is 4.79 Å². The average Bonchev–Trinajstić information content (AvgIpc) is 3.02. The molecule has 0 unspecified atom stereocenters. The zero-order valence-electron chi connectivity index (χ0n) is 15.1. The fourth-order valence-corrected chi connectivity index (χ4v) is 2.84. The average molecular weight is 376 g/mol. The van der Waals surface area contributed by atoms with E-state index in [-0.39, 0.29) is 18.5 Å². The fourth-order valence-electron chi connectivity index (χ4n) is 2.84. The lowest BCUT2D eigenvalue weighted by Gasteiger charge is -2.11. The van der Waals surface area contributed by atoms with Gasteiger partial charge in [0.05, 0.1) is 22.7 Å². The zero-order chi connectivity index (χ0) is 19.8. The van der Waals surface area contributed by atoms with Gasteiger partial charge < -0.3 is 5.32 Å². The molecule has 3 rings (SSSR count). The van der Waals surface area contributed by atoms with Crippen molar-refractivity contribution in [1.29, 1.82) is 0 Å².